The molecule has 1 aliphatic carbocycles. The van der Waals surface area contributed by atoms with Crippen LogP contribution >= 0.6 is 0 Å². The van der Waals surface area contributed by atoms with Crippen LogP contribution in [-0.4, -0.2) is 36.2 Å². The molecule has 4 heteroatoms. The van der Waals surface area contributed by atoms with Crippen molar-refractivity contribution in [1.82, 2.24) is 14.9 Å². The van der Waals surface area contributed by atoms with Crippen LogP contribution in [0.4, 0.5) is 5.95 Å². The summed E-state index contributed by atoms with van der Waals surface area (Å²) in [6.07, 6.45) is 9.34. The van der Waals surface area contributed by atoms with E-state index in [-0.39, 0.29) is 0 Å². The zero-order valence-corrected chi connectivity index (χ0v) is 10.6. The van der Waals surface area contributed by atoms with Crippen LogP contribution in [0.2, 0.25) is 0 Å². The molecule has 3 rings (SSSR count). The van der Waals surface area contributed by atoms with Crippen molar-refractivity contribution in [2.75, 3.05) is 31.6 Å². The molecule has 0 amide bonds. The number of rotatable bonds is 4. The van der Waals surface area contributed by atoms with Crippen molar-refractivity contribution in [2.24, 2.45) is 5.92 Å². The molecular weight excluding hydrogens is 212 g/mol. The van der Waals surface area contributed by atoms with Gasteiger partial charge in [0.2, 0.25) is 5.95 Å². The number of imidazole rings is 1. The van der Waals surface area contributed by atoms with E-state index in [4.69, 9.17) is 0 Å². The van der Waals surface area contributed by atoms with Crippen molar-refractivity contribution in [1.29, 1.82) is 0 Å². The number of hydrogen-bond donors (Lipinski definition) is 1. The summed E-state index contributed by atoms with van der Waals surface area (Å²) in [5.74, 6) is 2.05. The Bertz CT molecular complexity index is 361. The van der Waals surface area contributed by atoms with Crippen molar-refractivity contribution in [3.8, 4) is 0 Å². The Kier molecular flexibility index (Phi) is 3.05. The third-order valence-corrected chi connectivity index (χ3v) is 3.98. The molecule has 0 radical (unpaired) electrons. The molecule has 0 aromatic carbocycles. The topological polar surface area (TPSA) is 33.1 Å². The van der Waals surface area contributed by atoms with Gasteiger partial charge in [-0.15, -0.1) is 0 Å². The van der Waals surface area contributed by atoms with E-state index >= 15 is 0 Å². The number of anilines is 1. The summed E-state index contributed by atoms with van der Waals surface area (Å²) in [5, 5.41) is 3.29. The van der Waals surface area contributed by atoms with Crippen molar-refractivity contribution in [3.05, 3.63) is 12.4 Å². The lowest BCUT2D eigenvalue weighted by Gasteiger charge is -2.33. The first-order valence-corrected chi connectivity index (χ1v) is 6.81. The van der Waals surface area contributed by atoms with Crippen LogP contribution in [0, 0.1) is 5.92 Å². The fourth-order valence-corrected chi connectivity index (χ4v) is 2.81. The van der Waals surface area contributed by atoms with Crippen LogP contribution in [0.5, 0.6) is 0 Å². The first kappa shape index (κ1) is 11.1. The Balaban J connectivity index is 1.63. The van der Waals surface area contributed by atoms with Crippen LogP contribution in [0.25, 0.3) is 0 Å². The van der Waals surface area contributed by atoms with Crippen molar-refractivity contribution in [2.45, 2.75) is 31.7 Å². The van der Waals surface area contributed by atoms with E-state index in [1.807, 2.05) is 13.2 Å². The standard InChI is InChI=1S/C13H22N4/c1-14-10-11-4-7-16(8-5-11)13-15-6-9-17(13)12-2-3-12/h6,9,11-12,14H,2-5,7-8,10H2,1H3. The zero-order chi connectivity index (χ0) is 11.7. The molecule has 0 spiro atoms. The molecule has 1 aromatic heterocycles. The fraction of sp³-hybridized carbons (Fsp3) is 0.769. The smallest absolute Gasteiger partial charge is 0.205 e. The molecule has 1 saturated heterocycles. The van der Waals surface area contributed by atoms with Gasteiger partial charge in [-0.3, -0.25) is 0 Å². The minimum Gasteiger partial charge on any atom is -0.342 e. The second-order valence-electron chi connectivity index (χ2n) is 5.35. The van der Waals surface area contributed by atoms with Gasteiger partial charge in [0.05, 0.1) is 0 Å². The molecule has 1 N–H and O–H groups in total. The molecule has 1 aliphatic heterocycles. The molecule has 1 saturated carbocycles. The molecule has 0 atom stereocenters. The maximum atomic E-state index is 4.55. The SMILES string of the molecule is CNCC1CCN(c2nccn2C2CC2)CC1. The quantitative estimate of drug-likeness (QED) is 0.860. The number of hydrogen-bond acceptors (Lipinski definition) is 3. The highest BCUT2D eigenvalue weighted by Crippen LogP contribution is 2.38. The fourth-order valence-electron chi connectivity index (χ4n) is 2.81. The summed E-state index contributed by atoms with van der Waals surface area (Å²) >= 11 is 0. The van der Waals surface area contributed by atoms with Gasteiger partial charge in [-0.2, -0.15) is 0 Å². The van der Waals surface area contributed by atoms with E-state index in [2.05, 4.69) is 26.0 Å². The summed E-state index contributed by atoms with van der Waals surface area (Å²) < 4.78 is 2.37. The summed E-state index contributed by atoms with van der Waals surface area (Å²) in [6.45, 7) is 3.48. The highest BCUT2D eigenvalue weighted by atomic mass is 15.3. The molecule has 2 heterocycles. The van der Waals surface area contributed by atoms with Gasteiger partial charge >= 0.3 is 0 Å². The van der Waals surface area contributed by atoms with Crippen LogP contribution < -0.4 is 10.2 Å². The first-order valence-electron chi connectivity index (χ1n) is 6.81. The first-order chi connectivity index (χ1) is 8.38. The number of nitrogens with one attached hydrogen (secondary N) is 1. The molecule has 94 valence electrons. The minimum absolute atomic E-state index is 0.738. The van der Waals surface area contributed by atoms with E-state index in [1.54, 1.807) is 0 Å². The largest absolute Gasteiger partial charge is 0.342 e. The molecule has 2 aliphatic rings. The highest BCUT2D eigenvalue weighted by molar-refractivity contribution is 5.33. The Morgan fingerprint density at radius 2 is 2.06 bits per heavy atom. The van der Waals surface area contributed by atoms with Gasteiger partial charge in [-0.05, 0) is 45.2 Å². The maximum Gasteiger partial charge on any atom is 0.205 e. The van der Waals surface area contributed by atoms with Crippen LogP contribution in [-0.2, 0) is 0 Å². The molecule has 4 nitrogen and oxygen atoms in total. The Labute approximate surface area is 103 Å². The van der Waals surface area contributed by atoms with Crippen LogP contribution in [0.1, 0.15) is 31.7 Å². The molecular formula is C13H22N4. The van der Waals surface area contributed by atoms with Crippen molar-refractivity contribution in [3.63, 3.8) is 0 Å². The van der Waals surface area contributed by atoms with Gasteiger partial charge in [-0.1, -0.05) is 0 Å². The summed E-state index contributed by atoms with van der Waals surface area (Å²) in [4.78, 5) is 7.01. The summed E-state index contributed by atoms with van der Waals surface area (Å²) in [6, 6.07) is 0.738. The van der Waals surface area contributed by atoms with Crippen LogP contribution in [0.3, 0.4) is 0 Å². The lowest BCUT2D eigenvalue weighted by Crippen LogP contribution is -2.38. The molecule has 17 heavy (non-hydrogen) atoms. The third kappa shape index (κ3) is 2.32. The van der Waals surface area contributed by atoms with E-state index in [0.29, 0.717) is 0 Å². The summed E-state index contributed by atoms with van der Waals surface area (Å²) in [5.41, 5.74) is 0. The second-order valence-corrected chi connectivity index (χ2v) is 5.35. The van der Waals surface area contributed by atoms with Gasteiger partial charge in [-0.25, -0.2) is 4.98 Å². The number of piperidine rings is 1. The zero-order valence-electron chi connectivity index (χ0n) is 10.6. The van der Waals surface area contributed by atoms with Crippen molar-refractivity contribution >= 4 is 5.95 Å². The van der Waals surface area contributed by atoms with Crippen LogP contribution in [0.15, 0.2) is 12.4 Å². The van der Waals surface area contributed by atoms with E-state index in [1.165, 1.54) is 31.6 Å². The average Bonchev–Trinajstić information content (AvgIpc) is 3.09. The predicted molar refractivity (Wildman–Crippen MR) is 69.4 cm³/mol. The average molecular weight is 234 g/mol. The highest BCUT2D eigenvalue weighted by Gasteiger charge is 2.28. The molecule has 0 bridgehead atoms. The van der Waals surface area contributed by atoms with Gasteiger partial charge in [0.25, 0.3) is 0 Å². The van der Waals surface area contributed by atoms with Gasteiger partial charge in [0, 0.05) is 31.5 Å². The Hall–Kier alpha value is -1.03. The number of nitrogens with zero attached hydrogens (tertiary/aromatic N) is 3. The minimum atomic E-state index is 0.738. The lowest BCUT2D eigenvalue weighted by molar-refractivity contribution is 0.388. The van der Waals surface area contributed by atoms with Crippen molar-refractivity contribution < 1.29 is 0 Å². The van der Waals surface area contributed by atoms with Gasteiger partial charge in [0.1, 0.15) is 0 Å². The Morgan fingerprint density at radius 1 is 1.29 bits per heavy atom. The molecule has 1 aromatic rings. The monoisotopic (exact) mass is 234 g/mol. The molecule has 0 unspecified atom stereocenters. The predicted octanol–water partition coefficient (Wildman–Crippen LogP) is 1.65. The van der Waals surface area contributed by atoms with Gasteiger partial charge < -0.3 is 14.8 Å². The molecule has 2 fully saturated rings. The van der Waals surface area contributed by atoms with E-state index in [9.17, 15) is 0 Å². The second kappa shape index (κ2) is 4.69. The number of aromatic nitrogens is 2. The summed E-state index contributed by atoms with van der Waals surface area (Å²) in [7, 11) is 2.05. The third-order valence-electron chi connectivity index (χ3n) is 3.98. The maximum absolute atomic E-state index is 4.55. The van der Waals surface area contributed by atoms with E-state index in [0.717, 1.165) is 31.6 Å². The van der Waals surface area contributed by atoms with E-state index < -0.39 is 0 Å². The Morgan fingerprint density at radius 3 is 2.71 bits per heavy atom. The normalized spacial score (nSPS) is 22.1. The van der Waals surface area contributed by atoms with Gasteiger partial charge in [0.15, 0.2) is 0 Å². The lowest BCUT2D eigenvalue weighted by atomic mass is 9.97.